The van der Waals surface area contributed by atoms with Gasteiger partial charge < -0.3 is 5.32 Å². The topological polar surface area (TPSA) is 12.0 Å². The van der Waals surface area contributed by atoms with Crippen molar-refractivity contribution in [1.82, 2.24) is 0 Å². The first-order chi connectivity index (χ1) is 8.04. The molecule has 0 aliphatic heterocycles. The van der Waals surface area contributed by atoms with E-state index in [2.05, 4.69) is 21.2 Å². The minimum Gasteiger partial charge on any atom is -0.380 e. The second-order valence-corrected chi connectivity index (χ2v) is 5.94. The number of hydrogen-bond donors (Lipinski definition) is 1. The molecule has 0 bridgehead atoms. The highest BCUT2D eigenvalue weighted by atomic mass is 79.9. The number of anilines is 1. The van der Waals surface area contributed by atoms with Crippen molar-refractivity contribution < 1.29 is 8.78 Å². The van der Waals surface area contributed by atoms with Crippen LogP contribution in [0.3, 0.4) is 0 Å². The zero-order valence-corrected chi connectivity index (χ0v) is 11.6. The van der Waals surface area contributed by atoms with Crippen LogP contribution in [-0.2, 0) is 6.54 Å². The van der Waals surface area contributed by atoms with Crippen molar-refractivity contribution in [2.24, 2.45) is 0 Å². The van der Waals surface area contributed by atoms with Crippen LogP contribution in [-0.4, -0.2) is 0 Å². The van der Waals surface area contributed by atoms with Crippen molar-refractivity contribution in [3.8, 4) is 0 Å². The third-order valence-corrected chi connectivity index (χ3v) is 4.50. The molecule has 0 atom stereocenters. The molecule has 1 N–H and O–H groups in total. The first-order valence-electron chi connectivity index (χ1n) is 4.68. The fourth-order valence-corrected chi connectivity index (χ4v) is 3.05. The van der Waals surface area contributed by atoms with E-state index in [9.17, 15) is 8.78 Å². The van der Waals surface area contributed by atoms with Crippen LogP contribution in [0.4, 0.5) is 14.5 Å². The van der Waals surface area contributed by atoms with Gasteiger partial charge >= 0.3 is 0 Å². The summed E-state index contributed by atoms with van der Waals surface area (Å²) in [5, 5.41) is 2.93. The lowest BCUT2D eigenvalue weighted by atomic mass is 10.3. The van der Waals surface area contributed by atoms with Crippen molar-refractivity contribution >= 4 is 44.6 Å². The van der Waals surface area contributed by atoms with E-state index < -0.39 is 11.6 Å². The SMILES string of the molecule is Fc1cc(F)cc(NCc2cc(Br)c(Cl)s2)c1. The van der Waals surface area contributed by atoms with Crippen LogP contribution in [0.5, 0.6) is 0 Å². The lowest BCUT2D eigenvalue weighted by Crippen LogP contribution is -1.98. The zero-order chi connectivity index (χ0) is 12.4. The van der Waals surface area contributed by atoms with Gasteiger partial charge in [-0.05, 0) is 34.1 Å². The van der Waals surface area contributed by atoms with Gasteiger partial charge in [0.25, 0.3) is 0 Å². The van der Waals surface area contributed by atoms with Crippen molar-refractivity contribution in [1.29, 1.82) is 0 Å². The number of benzene rings is 1. The van der Waals surface area contributed by atoms with E-state index in [-0.39, 0.29) is 0 Å². The summed E-state index contributed by atoms with van der Waals surface area (Å²) in [5.74, 6) is -1.20. The second-order valence-electron chi connectivity index (χ2n) is 3.35. The highest BCUT2D eigenvalue weighted by Gasteiger charge is 2.05. The molecule has 0 aliphatic rings. The minimum absolute atomic E-state index is 0.406. The maximum atomic E-state index is 12.9. The molecule has 0 spiro atoms. The molecular weight excluding hydrogens is 332 g/mol. The van der Waals surface area contributed by atoms with Gasteiger partial charge in [0.15, 0.2) is 0 Å². The third kappa shape index (κ3) is 3.40. The zero-order valence-electron chi connectivity index (χ0n) is 8.44. The summed E-state index contributed by atoms with van der Waals surface area (Å²) in [6.45, 7) is 0.471. The van der Waals surface area contributed by atoms with Crippen LogP contribution in [0.15, 0.2) is 28.7 Å². The maximum Gasteiger partial charge on any atom is 0.128 e. The van der Waals surface area contributed by atoms with Gasteiger partial charge in [-0.2, -0.15) is 0 Å². The second kappa shape index (κ2) is 5.33. The monoisotopic (exact) mass is 337 g/mol. The molecule has 0 radical (unpaired) electrons. The summed E-state index contributed by atoms with van der Waals surface area (Å²) in [5.41, 5.74) is 0.406. The first-order valence-corrected chi connectivity index (χ1v) is 6.67. The number of halogens is 4. The third-order valence-electron chi connectivity index (χ3n) is 2.03. The number of thiophene rings is 1. The van der Waals surface area contributed by atoms with Crippen LogP contribution in [0, 0.1) is 11.6 Å². The minimum atomic E-state index is -0.599. The van der Waals surface area contributed by atoms with E-state index in [1.807, 2.05) is 6.07 Å². The molecule has 1 aromatic heterocycles. The molecule has 0 saturated heterocycles. The predicted molar refractivity (Wildman–Crippen MR) is 70.7 cm³/mol. The molecule has 1 heterocycles. The summed E-state index contributed by atoms with van der Waals surface area (Å²) in [4.78, 5) is 0.978. The van der Waals surface area contributed by atoms with E-state index >= 15 is 0 Å². The van der Waals surface area contributed by atoms with Gasteiger partial charge in [0.1, 0.15) is 16.0 Å². The first kappa shape index (κ1) is 12.8. The molecular formula is C11H7BrClF2NS. The van der Waals surface area contributed by atoms with E-state index in [1.165, 1.54) is 23.5 Å². The smallest absolute Gasteiger partial charge is 0.128 e. The maximum absolute atomic E-state index is 12.9. The van der Waals surface area contributed by atoms with Gasteiger partial charge in [-0.3, -0.25) is 0 Å². The molecule has 6 heteroatoms. The van der Waals surface area contributed by atoms with Crippen LogP contribution >= 0.6 is 38.9 Å². The summed E-state index contributed by atoms with van der Waals surface area (Å²) in [6.07, 6.45) is 0. The Bertz CT molecular complexity index is 505. The average Bonchev–Trinajstić information content (AvgIpc) is 2.54. The molecule has 2 rings (SSSR count). The molecule has 0 aliphatic carbocycles. The van der Waals surface area contributed by atoms with E-state index in [4.69, 9.17) is 11.6 Å². The van der Waals surface area contributed by atoms with E-state index in [1.54, 1.807) is 0 Å². The molecule has 1 aromatic carbocycles. The molecule has 0 unspecified atom stereocenters. The van der Waals surface area contributed by atoms with Gasteiger partial charge in [0, 0.05) is 27.6 Å². The van der Waals surface area contributed by atoms with Crippen molar-refractivity contribution in [3.63, 3.8) is 0 Å². The van der Waals surface area contributed by atoms with Crippen LogP contribution in [0.2, 0.25) is 4.34 Å². The standard InChI is InChI=1S/C11H7BrClF2NS/c12-10-4-9(17-11(10)13)5-16-8-2-6(14)1-7(15)3-8/h1-4,16H,5H2. The molecule has 1 nitrogen and oxygen atoms in total. The van der Waals surface area contributed by atoms with E-state index in [0.29, 0.717) is 16.6 Å². The Balaban J connectivity index is 2.07. The lowest BCUT2D eigenvalue weighted by Gasteiger charge is -2.04. The Morgan fingerprint density at radius 3 is 2.35 bits per heavy atom. The molecule has 0 amide bonds. The Morgan fingerprint density at radius 2 is 1.82 bits per heavy atom. The van der Waals surface area contributed by atoms with Crippen molar-refractivity contribution in [2.45, 2.75) is 6.54 Å². The highest BCUT2D eigenvalue weighted by Crippen LogP contribution is 2.32. The summed E-state index contributed by atoms with van der Waals surface area (Å²) < 4.78 is 27.3. The van der Waals surface area contributed by atoms with Crippen LogP contribution in [0.25, 0.3) is 0 Å². The number of nitrogens with one attached hydrogen (secondary N) is 1. The Kier molecular flexibility index (Phi) is 4.01. The summed E-state index contributed by atoms with van der Waals surface area (Å²) >= 11 is 10.6. The van der Waals surface area contributed by atoms with Gasteiger partial charge in [-0.1, -0.05) is 11.6 Å². The van der Waals surface area contributed by atoms with Gasteiger partial charge in [-0.25, -0.2) is 8.78 Å². The highest BCUT2D eigenvalue weighted by molar-refractivity contribution is 9.10. The largest absolute Gasteiger partial charge is 0.380 e. The number of rotatable bonds is 3. The molecule has 17 heavy (non-hydrogen) atoms. The van der Waals surface area contributed by atoms with Gasteiger partial charge in [0.05, 0.1) is 0 Å². The van der Waals surface area contributed by atoms with Crippen molar-refractivity contribution in [2.75, 3.05) is 5.32 Å². The molecule has 90 valence electrons. The van der Waals surface area contributed by atoms with Gasteiger partial charge in [0.2, 0.25) is 0 Å². The lowest BCUT2D eigenvalue weighted by molar-refractivity contribution is 0.584. The van der Waals surface area contributed by atoms with E-state index in [0.717, 1.165) is 15.4 Å². The number of hydrogen-bond acceptors (Lipinski definition) is 2. The average molecular weight is 339 g/mol. The quantitative estimate of drug-likeness (QED) is 0.825. The molecule has 2 aromatic rings. The molecule has 0 fully saturated rings. The Labute approximate surface area is 115 Å². The van der Waals surface area contributed by atoms with Gasteiger partial charge in [-0.15, -0.1) is 11.3 Å². The summed E-state index contributed by atoms with van der Waals surface area (Å²) in [7, 11) is 0. The van der Waals surface area contributed by atoms with Crippen LogP contribution < -0.4 is 5.32 Å². The predicted octanol–water partition coefficient (Wildman–Crippen LogP) is 5.05. The summed E-state index contributed by atoms with van der Waals surface area (Å²) in [6, 6.07) is 5.19. The van der Waals surface area contributed by atoms with Crippen LogP contribution in [0.1, 0.15) is 4.88 Å². The Hall–Kier alpha value is -0.650. The fourth-order valence-electron chi connectivity index (χ4n) is 1.32. The fraction of sp³-hybridized carbons (Fsp3) is 0.0909. The van der Waals surface area contributed by atoms with Crippen molar-refractivity contribution in [3.05, 3.63) is 49.6 Å². The Morgan fingerprint density at radius 1 is 1.18 bits per heavy atom. The molecule has 0 saturated carbocycles. The normalized spacial score (nSPS) is 10.6.